The third-order valence-electron chi connectivity index (χ3n) is 9.30. The van der Waals surface area contributed by atoms with E-state index >= 15 is 0 Å². The number of rotatable bonds is 6. The number of hydrazine groups is 6. The maximum Gasteiger partial charge on any atom is 0.0902 e. The number of anilines is 12. The molecule has 0 aromatic heterocycles. The molecule has 0 saturated heterocycles. The molecule has 3 N–H and O–H groups in total. The van der Waals surface area contributed by atoms with E-state index in [1.54, 1.807) is 0 Å². The van der Waals surface area contributed by atoms with E-state index in [9.17, 15) is 0 Å². The van der Waals surface area contributed by atoms with Gasteiger partial charge in [0.25, 0.3) is 0 Å². The van der Waals surface area contributed by atoms with E-state index in [-0.39, 0.29) is 0 Å². The van der Waals surface area contributed by atoms with Gasteiger partial charge in [0.05, 0.1) is 68.2 Å². The van der Waals surface area contributed by atoms with Crippen LogP contribution in [0.1, 0.15) is 0 Å². The molecule has 0 saturated carbocycles. The van der Waals surface area contributed by atoms with E-state index in [1.165, 1.54) is 0 Å². The van der Waals surface area contributed by atoms with Gasteiger partial charge in [0.1, 0.15) is 0 Å². The van der Waals surface area contributed by atoms with Gasteiger partial charge in [0.2, 0.25) is 0 Å². The van der Waals surface area contributed by atoms with Crippen molar-refractivity contribution in [3.8, 4) is 0 Å². The average molecular weight is 664 g/mol. The van der Waals surface area contributed by atoms with Crippen LogP contribution in [0, 0.1) is 0 Å². The normalized spacial score (nSPS) is 14.1. The summed E-state index contributed by atoms with van der Waals surface area (Å²) in [4.78, 5) is 0. The summed E-state index contributed by atoms with van der Waals surface area (Å²) in [5.74, 6) is 0. The van der Waals surface area contributed by atoms with Crippen LogP contribution in [0.15, 0.2) is 182 Å². The van der Waals surface area contributed by atoms with Crippen LogP contribution in [0.3, 0.4) is 0 Å². The molecule has 10 rings (SSSR count). The molecule has 3 aliphatic rings. The lowest BCUT2D eigenvalue weighted by atomic mass is 10.2. The summed E-state index contributed by atoms with van der Waals surface area (Å²) in [6.07, 6.45) is 0. The summed E-state index contributed by atoms with van der Waals surface area (Å²) >= 11 is 0. The fraction of sp³-hybridized carbons (Fsp3) is 0. The van der Waals surface area contributed by atoms with Gasteiger partial charge in [-0.25, -0.2) is 15.0 Å². The maximum absolute atomic E-state index is 3.71. The Morgan fingerprint density at radius 1 is 0.255 bits per heavy atom. The van der Waals surface area contributed by atoms with Crippen LogP contribution in [0.4, 0.5) is 68.2 Å². The van der Waals surface area contributed by atoms with E-state index in [1.807, 2.05) is 18.2 Å². The van der Waals surface area contributed by atoms with Crippen molar-refractivity contribution in [1.29, 1.82) is 0 Å². The van der Waals surface area contributed by atoms with E-state index in [4.69, 9.17) is 0 Å². The standard InChI is InChI=1S/C42H33N9/c1-4-16-31(17-5-1)46-40-25-13-10-22-37(40)43-49(46)34-28-35(50-44-38-23-11-14-26-41(38)47(50)32-18-6-2-7-19-32)30-36(29-34)51-45-39-24-12-15-27-42(39)48(51)33-20-8-3-9-21-33/h1-30,43-45H. The molecule has 0 aliphatic carbocycles. The van der Waals surface area contributed by atoms with E-state index < -0.39 is 0 Å². The first-order valence-electron chi connectivity index (χ1n) is 17.0. The first-order valence-corrected chi connectivity index (χ1v) is 17.0. The van der Waals surface area contributed by atoms with Gasteiger partial charge in [-0.1, -0.05) is 91.0 Å². The van der Waals surface area contributed by atoms with Gasteiger partial charge in [0.15, 0.2) is 0 Å². The summed E-state index contributed by atoms with van der Waals surface area (Å²) < 4.78 is 0. The molecule has 7 aromatic rings. The van der Waals surface area contributed by atoms with E-state index in [2.05, 4.69) is 210 Å². The minimum Gasteiger partial charge on any atom is -0.277 e. The predicted octanol–water partition coefficient (Wildman–Crippen LogP) is 10.4. The van der Waals surface area contributed by atoms with Gasteiger partial charge < -0.3 is 0 Å². The lowest BCUT2D eigenvalue weighted by molar-refractivity contribution is 0.934. The van der Waals surface area contributed by atoms with Crippen molar-refractivity contribution in [3.63, 3.8) is 0 Å². The Kier molecular flexibility index (Phi) is 6.60. The van der Waals surface area contributed by atoms with Crippen LogP contribution in [-0.2, 0) is 0 Å². The molecule has 0 unspecified atom stereocenters. The van der Waals surface area contributed by atoms with Gasteiger partial charge in [-0.15, -0.1) is 0 Å². The zero-order chi connectivity index (χ0) is 33.7. The van der Waals surface area contributed by atoms with Crippen molar-refractivity contribution in [2.75, 3.05) is 46.7 Å². The number of benzene rings is 7. The van der Waals surface area contributed by atoms with Crippen LogP contribution in [0.25, 0.3) is 0 Å². The number of nitrogens with zero attached hydrogens (tertiary/aromatic N) is 6. The molecule has 3 aliphatic heterocycles. The second-order valence-corrected chi connectivity index (χ2v) is 12.5. The second kappa shape index (κ2) is 11.7. The predicted molar refractivity (Wildman–Crippen MR) is 210 cm³/mol. The fourth-order valence-electron chi connectivity index (χ4n) is 7.03. The number of fused-ring (bicyclic) bond motifs is 3. The SMILES string of the molecule is c1ccc(N2c3ccccc3NN2c2cc(N3Nc4ccccc4N3c3ccccc3)cc(N3Nc4ccccc4N3c3ccccc3)c2)cc1. The van der Waals surface area contributed by atoms with Crippen LogP contribution in [0.2, 0.25) is 0 Å². The fourth-order valence-corrected chi connectivity index (χ4v) is 7.03. The highest BCUT2D eigenvalue weighted by Gasteiger charge is 2.35. The lowest BCUT2D eigenvalue weighted by Gasteiger charge is -2.36. The Morgan fingerprint density at radius 3 is 0.804 bits per heavy atom. The van der Waals surface area contributed by atoms with Crippen molar-refractivity contribution < 1.29 is 0 Å². The molecule has 9 heteroatoms. The summed E-state index contributed by atoms with van der Waals surface area (Å²) in [7, 11) is 0. The van der Waals surface area contributed by atoms with Gasteiger partial charge in [0, 0.05) is 0 Å². The molecule has 7 aromatic carbocycles. The smallest absolute Gasteiger partial charge is 0.0902 e. The highest BCUT2D eigenvalue weighted by Crippen LogP contribution is 2.48. The molecule has 0 amide bonds. The zero-order valence-electron chi connectivity index (χ0n) is 27.5. The zero-order valence-corrected chi connectivity index (χ0v) is 27.5. The van der Waals surface area contributed by atoms with Crippen molar-refractivity contribution in [2.45, 2.75) is 0 Å². The number of para-hydroxylation sites is 9. The van der Waals surface area contributed by atoms with Crippen LogP contribution in [0.5, 0.6) is 0 Å². The summed E-state index contributed by atoms with van der Waals surface area (Å²) in [5, 5.41) is 13.0. The van der Waals surface area contributed by atoms with Crippen molar-refractivity contribution in [1.82, 2.24) is 0 Å². The number of hydrogen-bond donors (Lipinski definition) is 3. The van der Waals surface area contributed by atoms with Crippen molar-refractivity contribution >= 4 is 68.2 Å². The molecule has 0 fully saturated rings. The van der Waals surface area contributed by atoms with E-state index in [0.717, 1.165) is 68.2 Å². The highest BCUT2D eigenvalue weighted by molar-refractivity contribution is 5.93. The molecular weight excluding hydrogens is 631 g/mol. The molecule has 0 spiro atoms. The Hall–Kier alpha value is -7.26. The minimum absolute atomic E-state index is 0.930. The van der Waals surface area contributed by atoms with Gasteiger partial charge in [-0.3, -0.25) is 16.3 Å². The number of nitrogens with one attached hydrogen (secondary N) is 3. The molecule has 3 heterocycles. The molecular formula is C42H33N9. The molecule has 0 bridgehead atoms. The Morgan fingerprint density at radius 2 is 0.510 bits per heavy atom. The van der Waals surface area contributed by atoms with Crippen LogP contribution >= 0.6 is 0 Å². The highest BCUT2D eigenvalue weighted by atomic mass is 15.9. The molecule has 246 valence electrons. The number of hydrogen-bond acceptors (Lipinski definition) is 9. The second-order valence-electron chi connectivity index (χ2n) is 12.5. The monoisotopic (exact) mass is 663 g/mol. The third-order valence-corrected chi connectivity index (χ3v) is 9.30. The first-order chi connectivity index (χ1) is 25.3. The summed E-state index contributed by atoms with van der Waals surface area (Å²) in [6.45, 7) is 0. The van der Waals surface area contributed by atoms with Crippen LogP contribution < -0.4 is 46.7 Å². The van der Waals surface area contributed by atoms with Crippen molar-refractivity contribution in [2.24, 2.45) is 0 Å². The Balaban J connectivity index is 1.17. The Bertz CT molecular complexity index is 2080. The molecule has 9 nitrogen and oxygen atoms in total. The quantitative estimate of drug-likeness (QED) is 0.161. The molecule has 0 atom stereocenters. The van der Waals surface area contributed by atoms with Crippen LogP contribution in [-0.4, -0.2) is 0 Å². The summed E-state index contributed by atoms with van der Waals surface area (Å²) in [5.41, 5.74) is 23.3. The van der Waals surface area contributed by atoms with Crippen molar-refractivity contribution in [3.05, 3.63) is 182 Å². The molecule has 0 radical (unpaired) electrons. The third kappa shape index (κ3) is 4.79. The average Bonchev–Trinajstić information content (AvgIpc) is 3.91. The Labute approximate surface area is 296 Å². The topological polar surface area (TPSA) is 55.5 Å². The van der Waals surface area contributed by atoms with Gasteiger partial charge in [-0.05, 0) is 91.0 Å². The van der Waals surface area contributed by atoms with E-state index in [0.29, 0.717) is 0 Å². The maximum atomic E-state index is 3.71. The first kappa shape index (κ1) is 28.7. The van der Waals surface area contributed by atoms with Gasteiger partial charge in [-0.2, -0.15) is 15.4 Å². The largest absolute Gasteiger partial charge is 0.277 e. The lowest BCUT2D eigenvalue weighted by Crippen LogP contribution is -2.42. The molecule has 51 heavy (non-hydrogen) atoms. The minimum atomic E-state index is 0.930. The van der Waals surface area contributed by atoms with Gasteiger partial charge >= 0.3 is 0 Å². The summed E-state index contributed by atoms with van der Waals surface area (Å²) in [6, 6.07) is 63.2.